The second-order valence-electron chi connectivity index (χ2n) is 4.20. The van der Waals surface area contributed by atoms with Crippen molar-refractivity contribution in [3.63, 3.8) is 0 Å². The molecule has 0 atom stereocenters. The van der Waals surface area contributed by atoms with E-state index in [2.05, 4.69) is 10.2 Å². The van der Waals surface area contributed by atoms with Gasteiger partial charge in [-0.15, -0.1) is 21.8 Å². The molecule has 2 aromatic rings. The van der Waals surface area contributed by atoms with Crippen molar-refractivity contribution in [1.29, 1.82) is 0 Å². The van der Waals surface area contributed by atoms with E-state index >= 15 is 0 Å². The molecule has 17 heavy (non-hydrogen) atoms. The highest BCUT2D eigenvalue weighted by Crippen LogP contribution is 2.40. The summed E-state index contributed by atoms with van der Waals surface area (Å²) in [5.74, 6) is 2.02. The van der Waals surface area contributed by atoms with Gasteiger partial charge in [0.15, 0.2) is 5.82 Å². The van der Waals surface area contributed by atoms with Gasteiger partial charge in [0.1, 0.15) is 11.6 Å². The minimum Gasteiger partial charge on any atom is -0.282 e. The minimum atomic E-state index is -0.265. The van der Waals surface area contributed by atoms with E-state index < -0.39 is 0 Å². The van der Waals surface area contributed by atoms with Crippen LogP contribution >= 0.6 is 11.6 Å². The number of nitrogens with zero attached hydrogens (tertiary/aromatic N) is 3. The number of halogens is 2. The molecule has 1 aromatic carbocycles. The summed E-state index contributed by atoms with van der Waals surface area (Å²) < 4.78 is 15.1. The third-order valence-corrected chi connectivity index (χ3v) is 3.12. The van der Waals surface area contributed by atoms with Crippen molar-refractivity contribution in [2.24, 2.45) is 0 Å². The van der Waals surface area contributed by atoms with Gasteiger partial charge in [-0.3, -0.25) is 4.57 Å². The molecular formula is C12H11ClFN3. The van der Waals surface area contributed by atoms with E-state index in [-0.39, 0.29) is 11.7 Å². The molecule has 0 unspecified atom stereocenters. The molecular weight excluding hydrogens is 241 g/mol. The second-order valence-corrected chi connectivity index (χ2v) is 4.46. The molecule has 0 N–H and O–H groups in total. The molecule has 5 heteroatoms. The Morgan fingerprint density at radius 2 is 2.18 bits per heavy atom. The first-order valence-electron chi connectivity index (χ1n) is 5.55. The summed E-state index contributed by atoms with van der Waals surface area (Å²) in [5, 5.41) is 8.22. The van der Waals surface area contributed by atoms with Crippen molar-refractivity contribution < 1.29 is 4.39 Å². The first-order valence-corrected chi connectivity index (χ1v) is 6.09. The Labute approximate surface area is 103 Å². The summed E-state index contributed by atoms with van der Waals surface area (Å²) in [4.78, 5) is 0. The molecule has 1 aromatic heterocycles. The van der Waals surface area contributed by atoms with Crippen LogP contribution in [0.3, 0.4) is 0 Å². The topological polar surface area (TPSA) is 30.7 Å². The third-order valence-electron chi connectivity index (χ3n) is 2.88. The Morgan fingerprint density at radius 1 is 1.35 bits per heavy atom. The van der Waals surface area contributed by atoms with Gasteiger partial charge in [0.2, 0.25) is 0 Å². The molecule has 1 aliphatic carbocycles. The van der Waals surface area contributed by atoms with Gasteiger partial charge < -0.3 is 0 Å². The van der Waals surface area contributed by atoms with Gasteiger partial charge >= 0.3 is 0 Å². The maximum absolute atomic E-state index is 13.3. The zero-order valence-electron chi connectivity index (χ0n) is 9.11. The van der Waals surface area contributed by atoms with E-state index in [0.29, 0.717) is 11.7 Å². The number of hydrogen-bond donors (Lipinski definition) is 0. The quantitative estimate of drug-likeness (QED) is 0.785. The predicted molar refractivity (Wildman–Crippen MR) is 62.8 cm³/mol. The average Bonchev–Trinajstić information content (AvgIpc) is 3.08. The first kappa shape index (κ1) is 10.7. The number of hydrogen-bond acceptors (Lipinski definition) is 2. The Bertz CT molecular complexity index is 548. The maximum atomic E-state index is 13.3. The standard InChI is InChI=1S/C12H11ClFN3/c13-7-11-15-16-12(8-4-5-8)17(11)10-3-1-2-9(14)6-10/h1-3,6,8H,4-5,7H2. The van der Waals surface area contributed by atoms with Crippen LogP contribution in [0.1, 0.15) is 30.4 Å². The van der Waals surface area contributed by atoms with E-state index in [0.717, 1.165) is 24.4 Å². The molecule has 3 rings (SSSR count). The van der Waals surface area contributed by atoms with E-state index in [4.69, 9.17) is 11.6 Å². The van der Waals surface area contributed by atoms with Gasteiger partial charge in [-0.2, -0.15) is 0 Å². The lowest BCUT2D eigenvalue weighted by Gasteiger charge is -2.08. The smallest absolute Gasteiger partial charge is 0.152 e. The van der Waals surface area contributed by atoms with Gasteiger partial charge in [-0.05, 0) is 31.0 Å². The summed E-state index contributed by atoms with van der Waals surface area (Å²) >= 11 is 5.84. The Balaban J connectivity index is 2.14. The fourth-order valence-corrected chi connectivity index (χ4v) is 2.09. The van der Waals surface area contributed by atoms with Crippen molar-refractivity contribution in [3.8, 4) is 5.69 Å². The molecule has 0 saturated heterocycles. The molecule has 1 aliphatic rings. The van der Waals surface area contributed by atoms with Crippen molar-refractivity contribution in [2.75, 3.05) is 0 Å². The SMILES string of the molecule is Fc1cccc(-n2c(CCl)nnc2C2CC2)c1. The molecule has 0 aliphatic heterocycles. The lowest BCUT2D eigenvalue weighted by atomic mass is 10.3. The van der Waals surface area contributed by atoms with Crippen LogP contribution in [0.2, 0.25) is 0 Å². The normalized spacial score (nSPS) is 15.2. The lowest BCUT2D eigenvalue weighted by molar-refractivity contribution is 0.626. The van der Waals surface area contributed by atoms with Crippen LogP contribution in [0.15, 0.2) is 24.3 Å². The highest BCUT2D eigenvalue weighted by Gasteiger charge is 2.30. The highest BCUT2D eigenvalue weighted by molar-refractivity contribution is 6.16. The van der Waals surface area contributed by atoms with Crippen molar-refractivity contribution >= 4 is 11.6 Å². The summed E-state index contributed by atoms with van der Waals surface area (Å²) in [6, 6.07) is 6.42. The Kier molecular flexibility index (Phi) is 2.59. The van der Waals surface area contributed by atoms with Crippen molar-refractivity contribution in [3.05, 3.63) is 41.7 Å². The van der Waals surface area contributed by atoms with Crippen LogP contribution in [-0.4, -0.2) is 14.8 Å². The van der Waals surface area contributed by atoms with Crippen LogP contribution in [-0.2, 0) is 5.88 Å². The average molecular weight is 252 g/mol. The fraction of sp³-hybridized carbons (Fsp3) is 0.333. The van der Waals surface area contributed by atoms with Crippen LogP contribution in [0, 0.1) is 5.82 Å². The van der Waals surface area contributed by atoms with E-state index in [1.165, 1.54) is 12.1 Å². The molecule has 1 fully saturated rings. The molecule has 0 radical (unpaired) electrons. The van der Waals surface area contributed by atoms with E-state index in [1.54, 1.807) is 6.07 Å². The number of benzene rings is 1. The van der Waals surface area contributed by atoms with Gasteiger partial charge in [0.25, 0.3) is 0 Å². The molecule has 0 spiro atoms. The molecule has 0 amide bonds. The number of aromatic nitrogens is 3. The molecule has 1 saturated carbocycles. The molecule has 88 valence electrons. The van der Waals surface area contributed by atoms with Crippen LogP contribution in [0.4, 0.5) is 4.39 Å². The Hall–Kier alpha value is -1.42. The van der Waals surface area contributed by atoms with Crippen LogP contribution in [0.5, 0.6) is 0 Å². The van der Waals surface area contributed by atoms with Crippen LogP contribution < -0.4 is 0 Å². The van der Waals surface area contributed by atoms with Gasteiger partial charge in [0.05, 0.1) is 11.6 Å². The lowest BCUT2D eigenvalue weighted by Crippen LogP contribution is -2.04. The zero-order valence-corrected chi connectivity index (χ0v) is 9.86. The van der Waals surface area contributed by atoms with Gasteiger partial charge in [-0.1, -0.05) is 6.07 Å². The monoisotopic (exact) mass is 251 g/mol. The number of rotatable bonds is 3. The van der Waals surface area contributed by atoms with Crippen molar-refractivity contribution in [1.82, 2.24) is 14.8 Å². The zero-order chi connectivity index (χ0) is 11.8. The van der Waals surface area contributed by atoms with E-state index in [9.17, 15) is 4.39 Å². The second kappa shape index (κ2) is 4.11. The minimum absolute atomic E-state index is 0.265. The molecule has 1 heterocycles. The highest BCUT2D eigenvalue weighted by atomic mass is 35.5. The summed E-state index contributed by atoms with van der Waals surface area (Å²) in [5.41, 5.74) is 0.743. The summed E-state index contributed by atoms with van der Waals surface area (Å²) in [7, 11) is 0. The molecule has 3 nitrogen and oxygen atoms in total. The number of alkyl halides is 1. The maximum Gasteiger partial charge on any atom is 0.152 e. The van der Waals surface area contributed by atoms with Gasteiger partial charge in [-0.25, -0.2) is 4.39 Å². The fourth-order valence-electron chi connectivity index (χ4n) is 1.92. The Morgan fingerprint density at radius 3 is 2.82 bits per heavy atom. The summed E-state index contributed by atoms with van der Waals surface area (Å²) in [6.45, 7) is 0. The first-order chi connectivity index (χ1) is 8.29. The summed E-state index contributed by atoms with van der Waals surface area (Å²) in [6.07, 6.45) is 2.24. The predicted octanol–water partition coefficient (Wildman–Crippen LogP) is 3.02. The van der Waals surface area contributed by atoms with Gasteiger partial charge in [0, 0.05) is 5.92 Å². The van der Waals surface area contributed by atoms with Crippen molar-refractivity contribution in [2.45, 2.75) is 24.6 Å². The largest absolute Gasteiger partial charge is 0.282 e. The van der Waals surface area contributed by atoms with E-state index in [1.807, 2.05) is 10.6 Å². The molecule has 0 bridgehead atoms. The van der Waals surface area contributed by atoms with Crippen LogP contribution in [0.25, 0.3) is 5.69 Å². The third kappa shape index (κ3) is 1.93.